The van der Waals surface area contributed by atoms with Gasteiger partial charge in [-0.15, -0.1) is 4.37 Å². The lowest BCUT2D eigenvalue weighted by Crippen LogP contribution is -2.21. The number of hydrogen-bond acceptors (Lipinski definition) is 7. The van der Waals surface area contributed by atoms with E-state index in [1.165, 1.54) is 6.26 Å². The molecule has 86 valence electrons. The molecule has 0 saturated carbocycles. The number of ether oxygens (including phenoxy) is 1. The van der Waals surface area contributed by atoms with Crippen molar-refractivity contribution in [2.75, 3.05) is 13.2 Å². The van der Waals surface area contributed by atoms with E-state index in [2.05, 4.69) is 8.75 Å². The van der Waals surface area contributed by atoms with Gasteiger partial charge in [-0.1, -0.05) is 0 Å². The number of aromatic nitrogens is 2. The van der Waals surface area contributed by atoms with Crippen molar-refractivity contribution in [2.24, 2.45) is 0 Å². The molecule has 0 aromatic carbocycles. The van der Waals surface area contributed by atoms with Crippen LogP contribution in [0.2, 0.25) is 0 Å². The van der Waals surface area contributed by atoms with Crippen molar-refractivity contribution in [1.82, 2.24) is 8.75 Å². The van der Waals surface area contributed by atoms with E-state index < -0.39 is 6.10 Å². The minimum atomic E-state index is -0.925. The molecule has 2 N–H and O–H groups in total. The van der Waals surface area contributed by atoms with Crippen LogP contribution >= 0.6 is 11.7 Å². The van der Waals surface area contributed by atoms with Gasteiger partial charge in [0, 0.05) is 0 Å². The van der Waals surface area contributed by atoms with Gasteiger partial charge in [0.1, 0.15) is 12.7 Å². The SMILES string of the molecule is OCC(O)COc1nsnc1-c1ccco1. The largest absolute Gasteiger partial charge is 0.473 e. The quantitative estimate of drug-likeness (QED) is 0.795. The predicted octanol–water partition coefficient (Wildman–Crippen LogP) is 0.530. The third kappa shape index (κ3) is 2.38. The summed E-state index contributed by atoms with van der Waals surface area (Å²) in [5, 5.41) is 17.8. The molecule has 1 unspecified atom stereocenters. The highest BCUT2D eigenvalue weighted by Crippen LogP contribution is 2.27. The van der Waals surface area contributed by atoms with E-state index in [1.54, 1.807) is 12.1 Å². The zero-order valence-electron chi connectivity index (χ0n) is 8.24. The van der Waals surface area contributed by atoms with Crippen LogP contribution in [0.25, 0.3) is 11.5 Å². The molecule has 0 amide bonds. The molecule has 0 bridgehead atoms. The fourth-order valence-corrected chi connectivity index (χ4v) is 1.57. The third-order valence-corrected chi connectivity index (χ3v) is 2.35. The zero-order valence-corrected chi connectivity index (χ0v) is 9.05. The van der Waals surface area contributed by atoms with E-state index >= 15 is 0 Å². The first kappa shape index (κ1) is 11.1. The highest BCUT2D eigenvalue weighted by Gasteiger charge is 2.15. The van der Waals surface area contributed by atoms with Crippen molar-refractivity contribution in [2.45, 2.75) is 6.10 Å². The van der Waals surface area contributed by atoms with Crippen LogP contribution in [0.15, 0.2) is 22.8 Å². The Morgan fingerprint density at radius 2 is 2.38 bits per heavy atom. The second-order valence-corrected chi connectivity index (χ2v) is 3.57. The van der Waals surface area contributed by atoms with Crippen molar-refractivity contribution < 1.29 is 19.4 Å². The Labute approximate surface area is 95.4 Å². The van der Waals surface area contributed by atoms with E-state index in [4.69, 9.17) is 19.4 Å². The number of hydrogen-bond donors (Lipinski definition) is 2. The zero-order chi connectivity index (χ0) is 11.4. The van der Waals surface area contributed by atoms with Crippen molar-refractivity contribution in [3.63, 3.8) is 0 Å². The second-order valence-electron chi connectivity index (χ2n) is 3.04. The highest BCUT2D eigenvalue weighted by atomic mass is 32.1. The monoisotopic (exact) mass is 242 g/mol. The van der Waals surface area contributed by atoms with Crippen LogP contribution in [0.3, 0.4) is 0 Å². The van der Waals surface area contributed by atoms with Gasteiger partial charge in [-0.05, 0) is 12.1 Å². The minimum absolute atomic E-state index is 0.0321. The number of rotatable bonds is 5. The van der Waals surface area contributed by atoms with Crippen molar-refractivity contribution in [3.05, 3.63) is 18.4 Å². The Hall–Kier alpha value is -1.44. The smallest absolute Gasteiger partial charge is 0.257 e. The molecule has 7 heteroatoms. The highest BCUT2D eigenvalue weighted by molar-refractivity contribution is 6.99. The molecule has 0 spiro atoms. The van der Waals surface area contributed by atoms with Gasteiger partial charge >= 0.3 is 0 Å². The Balaban J connectivity index is 2.08. The summed E-state index contributed by atoms with van der Waals surface area (Å²) in [6.45, 7) is -0.386. The average Bonchev–Trinajstić information content (AvgIpc) is 2.95. The van der Waals surface area contributed by atoms with E-state index in [0.29, 0.717) is 17.3 Å². The summed E-state index contributed by atoms with van der Waals surface area (Å²) < 4.78 is 18.3. The average molecular weight is 242 g/mol. The van der Waals surface area contributed by atoms with E-state index in [1.807, 2.05) is 0 Å². The first-order chi connectivity index (χ1) is 7.81. The molecule has 2 heterocycles. The van der Waals surface area contributed by atoms with Crippen molar-refractivity contribution in [1.29, 1.82) is 0 Å². The van der Waals surface area contributed by atoms with Gasteiger partial charge in [-0.2, -0.15) is 4.37 Å². The van der Waals surface area contributed by atoms with Crippen LogP contribution in [0.4, 0.5) is 0 Å². The lowest BCUT2D eigenvalue weighted by atomic mass is 10.3. The minimum Gasteiger partial charge on any atom is -0.473 e. The van der Waals surface area contributed by atoms with Crippen LogP contribution in [0.1, 0.15) is 0 Å². The van der Waals surface area contributed by atoms with Crippen LogP contribution in [0.5, 0.6) is 5.88 Å². The summed E-state index contributed by atoms with van der Waals surface area (Å²) in [7, 11) is 0. The molecule has 2 aromatic rings. The third-order valence-electron chi connectivity index (χ3n) is 1.84. The molecule has 0 aliphatic carbocycles. The topological polar surface area (TPSA) is 88.6 Å². The Bertz CT molecular complexity index is 428. The van der Waals surface area contributed by atoms with E-state index in [9.17, 15) is 0 Å². The summed E-state index contributed by atoms with van der Waals surface area (Å²) in [4.78, 5) is 0. The number of aliphatic hydroxyl groups is 2. The summed E-state index contributed by atoms with van der Waals surface area (Å²) in [5.41, 5.74) is 0.500. The van der Waals surface area contributed by atoms with Gasteiger partial charge in [0.25, 0.3) is 5.88 Å². The van der Waals surface area contributed by atoms with Gasteiger partial charge < -0.3 is 19.4 Å². The van der Waals surface area contributed by atoms with Crippen LogP contribution < -0.4 is 4.74 Å². The Kier molecular flexibility index (Phi) is 3.50. The van der Waals surface area contributed by atoms with Gasteiger partial charge in [-0.25, -0.2) is 0 Å². The summed E-state index contributed by atoms with van der Waals surface area (Å²) in [6.07, 6.45) is 0.604. The number of nitrogens with zero attached hydrogens (tertiary/aromatic N) is 2. The molecule has 6 nitrogen and oxygen atoms in total. The van der Waals surface area contributed by atoms with Crippen molar-refractivity contribution >= 4 is 11.7 Å². The molecular formula is C9H10N2O4S. The molecular weight excluding hydrogens is 232 g/mol. The van der Waals surface area contributed by atoms with Gasteiger partial charge in [0.15, 0.2) is 11.5 Å². The normalized spacial score (nSPS) is 12.6. The summed E-state index contributed by atoms with van der Waals surface area (Å²) in [6, 6.07) is 3.48. The fraction of sp³-hybridized carbons (Fsp3) is 0.333. The predicted molar refractivity (Wildman–Crippen MR) is 56.2 cm³/mol. The van der Waals surface area contributed by atoms with Gasteiger partial charge in [0.05, 0.1) is 24.6 Å². The molecule has 0 fully saturated rings. The molecule has 1 atom stereocenters. The first-order valence-corrected chi connectivity index (χ1v) is 5.32. The molecule has 2 rings (SSSR count). The second kappa shape index (κ2) is 5.06. The summed E-state index contributed by atoms with van der Waals surface area (Å²) >= 11 is 0.995. The molecule has 0 aliphatic rings. The van der Waals surface area contributed by atoms with Crippen LogP contribution in [-0.2, 0) is 0 Å². The Morgan fingerprint density at radius 3 is 3.06 bits per heavy atom. The van der Waals surface area contributed by atoms with Crippen LogP contribution in [0, 0.1) is 0 Å². The lowest BCUT2D eigenvalue weighted by molar-refractivity contribution is 0.0525. The Morgan fingerprint density at radius 1 is 1.50 bits per heavy atom. The molecule has 16 heavy (non-hydrogen) atoms. The lowest BCUT2D eigenvalue weighted by Gasteiger charge is -2.07. The number of aliphatic hydroxyl groups excluding tert-OH is 2. The number of furan rings is 1. The van der Waals surface area contributed by atoms with Gasteiger partial charge in [-0.3, -0.25) is 0 Å². The molecule has 0 saturated heterocycles. The molecule has 0 aliphatic heterocycles. The first-order valence-electron chi connectivity index (χ1n) is 4.59. The van der Waals surface area contributed by atoms with Gasteiger partial charge in [0.2, 0.25) is 0 Å². The molecule has 2 aromatic heterocycles. The maximum Gasteiger partial charge on any atom is 0.257 e. The maximum absolute atomic E-state index is 9.13. The fourth-order valence-electron chi connectivity index (χ4n) is 1.07. The summed E-state index contributed by atoms with van der Waals surface area (Å²) in [5.74, 6) is 0.856. The standard InChI is InChI=1S/C9H10N2O4S/c12-4-6(13)5-15-9-8(10-16-11-9)7-2-1-3-14-7/h1-3,6,12-13H,4-5H2. The van der Waals surface area contributed by atoms with Crippen molar-refractivity contribution in [3.8, 4) is 17.3 Å². The van der Waals surface area contributed by atoms with E-state index in [0.717, 1.165) is 11.7 Å². The maximum atomic E-state index is 9.13. The van der Waals surface area contributed by atoms with Crippen LogP contribution in [-0.4, -0.2) is 38.3 Å². The van der Waals surface area contributed by atoms with E-state index in [-0.39, 0.29) is 13.2 Å². The molecule has 0 radical (unpaired) electrons.